The fourth-order valence-corrected chi connectivity index (χ4v) is 4.36. The second-order valence-electron chi connectivity index (χ2n) is 7.07. The Bertz CT molecular complexity index is 564. The standard InChI is InChI=1S/C17H28N6S/c1-22(2)24-21-14-8-6-13(7-9-14)16-15(12-18)17(20-19-16)23-10-4-3-5-11-23/h13-14,21H,3-11H2,1-2H3,(H,19,20). The fraction of sp³-hybridized carbons (Fsp3) is 0.765. The van der Waals surface area contributed by atoms with Crippen molar-refractivity contribution in [1.29, 1.82) is 5.26 Å². The van der Waals surface area contributed by atoms with Crippen LogP contribution in [0.4, 0.5) is 5.82 Å². The molecule has 2 heterocycles. The number of H-pyrrole nitrogens is 1. The molecule has 0 amide bonds. The van der Waals surface area contributed by atoms with Gasteiger partial charge in [0, 0.05) is 37.2 Å². The topological polar surface area (TPSA) is 71.0 Å². The smallest absolute Gasteiger partial charge is 0.168 e. The Morgan fingerprint density at radius 3 is 2.54 bits per heavy atom. The summed E-state index contributed by atoms with van der Waals surface area (Å²) >= 11 is 1.67. The van der Waals surface area contributed by atoms with E-state index >= 15 is 0 Å². The van der Waals surface area contributed by atoms with E-state index in [0.29, 0.717) is 12.0 Å². The van der Waals surface area contributed by atoms with Crippen LogP contribution in [0.15, 0.2) is 0 Å². The van der Waals surface area contributed by atoms with Gasteiger partial charge in [-0.25, -0.2) is 9.03 Å². The Kier molecular flexibility index (Phi) is 6.04. The van der Waals surface area contributed by atoms with E-state index in [1.807, 2.05) is 0 Å². The molecule has 2 aliphatic rings. The van der Waals surface area contributed by atoms with Crippen LogP contribution in [0.2, 0.25) is 0 Å². The third kappa shape index (κ3) is 4.05. The van der Waals surface area contributed by atoms with Crippen molar-refractivity contribution in [2.45, 2.75) is 56.9 Å². The van der Waals surface area contributed by atoms with Crippen LogP contribution in [-0.2, 0) is 0 Å². The fourth-order valence-electron chi connectivity index (χ4n) is 3.77. The van der Waals surface area contributed by atoms with E-state index in [9.17, 15) is 5.26 Å². The number of anilines is 1. The van der Waals surface area contributed by atoms with Crippen molar-refractivity contribution in [3.63, 3.8) is 0 Å². The van der Waals surface area contributed by atoms with Gasteiger partial charge in [-0.1, -0.05) is 0 Å². The maximum atomic E-state index is 9.69. The molecule has 132 valence electrons. The van der Waals surface area contributed by atoms with Crippen LogP contribution < -0.4 is 9.62 Å². The molecule has 0 aromatic carbocycles. The molecule has 2 N–H and O–H groups in total. The lowest BCUT2D eigenvalue weighted by Gasteiger charge is -2.29. The third-order valence-electron chi connectivity index (χ3n) is 5.08. The summed E-state index contributed by atoms with van der Waals surface area (Å²) in [5, 5.41) is 17.4. The largest absolute Gasteiger partial charge is 0.354 e. The summed E-state index contributed by atoms with van der Waals surface area (Å²) in [7, 11) is 4.10. The highest BCUT2D eigenvalue weighted by Crippen LogP contribution is 2.36. The van der Waals surface area contributed by atoms with Crippen LogP contribution in [0.3, 0.4) is 0 Å². The van der Waals surface area contributed by atoms with Crippen LogP contribution in [0.1, 0.15) is 62.1 Å². The van der Waals surface area contributed by atoms with E-state index in [0.717, 1.165) is 55.8 Å². The van der Waals surface area contributed by atoms with Gasteiger partial charge >= 0.3 is 0 Å². The number of hydrogen-bond donors (Lipinski definition) is 2. The third-order valence-corrected chi connectivity index (χ3v) is 5.88. The van der Waals surface area contributed by atoms with Crippen molar-refractivity contribution in [1.82, 2.24) is 19.2 Å². The van der Waals surface area contributed by atoms with Gasteiger partial charge in [-0.3, -0.25) is 5.10 Å². The zero-order valence-corrected chi connectivity index (χ0v) is 15.5. The summed E-state index contributed by atoms with van der Waals surface area (Å²) in [5.41, 5.74) is 1.85. The number of nitrogens with zero attached hydrogens (tertiary/aromatic N) is 4. The molecule has 24 heavy (non-hydrogen) atoms. The van der Waals surface area contributed by atoms with Gasteiger partial charge in [-0.05, 0) is 59.0 Å². The minimum atomic E-state index is 0.438. The molecule has 7 heteroatoms. The summed E-state index contributed by atoms with van der Waals surface area (Å²) < 4.78 is 5.61. The zero-order chi connectivity index (χ0) is 16.9. The minimum absolute atomic E-state index is 0.438. The van der Waals surface area contributed by atoms with Gasteiger partial charge in [0.15, 0.2) is 5.82 Å². The summed E-state index contributed by atoms with van der Waals surface area (Å²) in [6.45, 7) is 2.05. The van der Waals surface area contributed by atoms with Crippen LogP contribution in [0, 0.1) is 11.3 Å². The van der Waals surface area contributed by atoms with Crippen LogP contribution in [-0.4, -0.2) is 47.7 Å². The molecule has 1 aromatic heterocycles. The van der Waals surface area contributed by atoms with Gasteiger partial charge in [-0.2, -0.15) is 10.4 Å². The van der Waals surface area contributed by atoms with Gasteiger partial charge in [0.05, 0.1) is 5.69 Å². The molecule has 6 nitrogen and oxygen atoms in total. The molecular formula is C17H28N6S. The average Bonchev–Trinajstić information content (AvgIpc) is 3.05. The second kappa shape index (κ2) is 8.24. The number of aromatic amines is 1. The summed E-state index contributed by atoms with van der Waals surface area (Å²) in [6, 6.07) is 2.99. The van der Waals surface area contributed by atoms with E-state index in [2.05, 4.69) is 44.3 Å². The highest BCUT2D eigenvalue weighted by Gasteiger charge is 2.28. The van der Waals surface area contributed by atoms with E-state index < -0.39 is 0 Å². The molecule has 1 saturated carbocycles. The Labute approximate surface area is 149 Å². The Morgan fingerprint density at radius 2 is 1.92 bits per heavy atom. The summed E-state index contributed by atoms with van der Waals surface area (Å²) in [5.74, 6) is 1.32. The van der Waals surface area contributed by atoms with Crippen molar-refractivity contribution in [3.8, 4) is 6.07 Å². The number of nitrogens with one attached hydrogen (secondary N) is 2. The van der Waals surface area contributed by atoms with Gasteiger partial charge in [0.25, 0.3) is 0 Å². The van der Waals surface area contributed by atoms with Crippen molar-refractivity contribution < 1.29 is 0 Å². The Hall–Kier alpha value is -1.23. The molecule has 0 bridgehead atoms. The van der Waals surface area contributed by atoms with E-state index in [4.69, 9.17) is 0 Å². The van der Waals surface area contributed by atoms with Crippen molar-refractivity contribution >= 4 is 18.0 Å². The van der Waals surface area contributed by atoms with Gasteiger partial charge in [-0.15, -0.1) is 0 Å². The summed E-state index contributed by atoms with van der Waals surface area (Å²) in [4.78, 5) is 2.28. The Balaban J connectivity index is 1.63. The predicted octanol–water partition coefficient (Wildman–Crippen LogP) is 3.01. The van der Waals surface area contributed by atoms with Crippen molar-refractivity contribution in [3.05, 3.63) is 11.3 Å². The average molecular weight is 349 g/mol. The summed E-state index contributed by atoms with van der Waals surface area (Å²) in [6.07, 6.45) is 8.21. The maximum absolute atomic E-state index is 9.69. The lowest BCUT2D eigenvalue weighted by atomic mass is 9.83. The molecule has 3 rings (SSSR count). The number of aromatic nitrogens is 2. The molecule has 0 unspecified atom stereocenters. The molecule has 2 fully saturated rings. The first-order valence-electron chi connectivity index (χ1n) is 9.02. The van der Waals surface area contributed by atoms with E-state index in [1.165, 1.54) is 19.3 Å². The maximum Gasteiger partial charge on any atom is 0.168 e. The first-order valence-corrected chi connectivity index (χ1v) is 9.79. The molecule has 1 aromatic rings. The van der Waals surface area contributed by atoms with Crippen molar-refractivity contribution in [2.24, 2.45) is 0 Å². The predicted molar refractivity (Wildman–Crippen MR) is 98.8 cm³/mol. The molecule has 0 radical (unpaired) electrons. The quantitative estimate of drug-likeness (QED) is 0.797. The normalized spacial score (nSPS) is 25.0. The first-order chi connectivity index (χ1) is 11.7. The molecule has 1 aliphatic heterocycles. The molecule has 1 saturated heterocycles. The van der Waals surface area contributed by atoms with E-state index in [1.54, 1.807) is 12.1 Å². The highest BCUT2D eigenvalue weighted by molar-refractivity contribution is 7.95. The second-order valence-corrected chi connectivity index (χ2v) is 8.21. The monoisotopic (exact) mass is 348 g/mol. The molecule has 1 aliphatic carbocycles. The molecule has 0 spiro atoms. The van der Waals surface area contributed by atoms with Crippen LogP contribution >= 0.6 is 12.1 Å². The van der Waals surface area contributed by atoms with Crippen LogP contribution in [0.5, 0.6) is 0 Å². The number of rotatable bonds is 5. The highest BCUT2D eigenvalue weighted by atomic mass is 32.2. The Morgan fingerprint density at radius 1 is 1.21 bits per heavy atom. The lowest BCUT2D eigenvalue weighted by molar-refractivity contribution is 0.374. The van der Waals surface area contributed by atoms with Crippen molar-refractivity contribution in [2.75, 3.05) is 32.1 Å². The van der Waals surface area contributed by atoms with Gasteiger partial charge in [0.2, 0.25) is 0 Å². The first kappa shape index (κ1) is 17.6. The van der Waals surface area contributed by atoms with Gasteiger partial charge < -0.3 is 4.90 Å². The zero-order valence-electron chi connectivity index (χ0n) is 14.7. The van der Waals surface area contributed by atoms with Gasteiger partial charge in [0.1, 0.15) is 11.6 Å². The number of nitriles is 1. The van der Waals surface area contributed by atoms with E-state index in [-0.39, 0.29) is 0 Å². The lowest BCUT2D eigenvalue weighted by Crippen LogP contribution is -2.31. The molecular weight excluding hydrogens is 320 g/mol. The number of hydrogen-bond acceptors (Lipinski definition) is 6. The van der Waals surface area contributed by atoms with Crippen LogP contribution in [0.25, 0.3) is 0 Å². The molecule has 0 atom stereocenters. The minimum Gasteiger partial charge on any atom is -0.354 e. The SMILES string of the molecule is CN(C)SNC1CCC(c2[nH]nc(N3CCCCC3)c2C#N)CC1. The number of piperidine rings is 1.